The standard InChI is InChI=1S/C10H15N5O9P2/c11-10-13-7-4(8(18)14-10)12-2-15(7)9-6(17)5(16)3(23-9)1-22-26(21)24-25(19)20/h2-3,5-6,9,16-17,25-26H,1H2,(H,19,20)(H3,11,13,14,18)/t3-,5-,6-,9-/m1/s1. The van der Waals surface area contributed by atoms with Gasteiger partial charge in [0, 0.05) is 0 Å². The van der Waals surface area contributed by atoms with Gasteiger partial charge in [0.2, 0.25) is 5.95 Å². The molecule has 1 fully saturated rings. The topological polar surface area (TPSA) is 212 Å². The molecule has 0 spiro atoms. The normalized spacial score (nSPS) is 28.4. The van der Waals surface area contributed by atoms with Crippen molar-refractivity contribution in [3.8, 4) is 0 Å². The lowest BCUT2D eigenvalue weighted by molar-refractivity contribution is -0.0475. The van der Waals surface area contributed by atoms with Crippen molar-refractivity contribution in [2.45, 2.75) is 24.5 Å². The largest absolute Gasteiger partial charge is 0.387 e. The Morgan fingerprint density at radius 1 is 1.38 bits per heavy atom. The molecule has 0 amide bonds. The molecule has 3 heterocycles. The molecule has 1 aliphatic rings. The van der Waals surface area contributed by atoms with Crippen LogP contribution >= 0.6 is 16.5 Å². The fraction of sp³-hybridized carbons (Fsp3) is 0.500. The molecule has 3 rings (SSSR count). The zero-order valence-corrected chi connectivity index (χ0v) is 14.8. The van der Waals surface area contributed by atoms with Crippen molar-refractivity contribution in [2.24, 2.45) is 0 Å². The third-order valence-electron chi connectivity index (χ3n) is 3.60. The number of nitrogens with one attached hydrogen (secondary N) is 1. The summed E-state index contributed by atoms with van der Waals surface area (Å²) in [6.45, 7) is -0.482. The summed E-state index contributed by atoms with van der Waals surface area (Å²) >= 11 is 0. The van der Waals surface area contributed by atoms with Crippen LogP contribution < -0.4 is 11.3 Å². The monoisotopic (exact) mass is 411 g/mol. The third-order valence-corrected chi connectivity index (χ3v) is 5.37. The maximum Gasteiger partial charge on any atom is 0.326 e. The van der Waals surface area contributed by atoms with Crippen LogP contribution in [-0.4, -0.2) is 59.5 Å². The average Bonchev–Trinajstić information content (AvgIpc) is 3.08. The number of hydrogen-bond acceptors (Lipinski definition) is 11. The number of anilines is 1. The lowest BCUT2D eigenvalue weighted by atomic mass is 10.1. The number of aromatic nitrogens is 4. The number of nitrogen functional groups attached to an aromatic ring is 1. The molecule has 0 aliphatic carbocycles. The summed E-state index contributed by atoms with van der Waals surface area (Å²) in [5.74, 6) is -0.174. The van der Waals surface area contributed by atoms with E-state index >= 15 is 0 Å². The number of nitrogens with zero attached hydrogens (tertiary/aromatic N) is 3. The van der Waals surface area contributed by atoms with Gasteiger partial charge >= 0.3 is 16.5 Å². The van der Waals surface area contributed by atoms with Gasteiger partial charge in [0.1, 0.15) is 18.3 Å². The molecule has 14 nitrogen and oxygen atoms in total. The average molecular weight is 411 g/mol. The lowest BCUT2D eigenvalue weighted by Crippen LogP contribution is -2.33. The van der Waals surface area contributed by atoms with Crippen LogP contribution in [0.5, 0.6) is 0 Å². The quantitative estimate of drug-likeness (QED) is 0.331. The van der Waals surface area contributed by atoms with E-state index in [-0.39, 0.29) is 17.1 Å². The van der Waals surface area contributed by atoms with Crippen LogP contribution in [-0.2, 0) is 22.7 Å². The molecular formula is C10H15N5O9P2. The number of hydrogen-bond donors (Lipinski definition) is 5. The van der Waals surface area contributed by atoms with Crippen LogP contribution in [0.15, 0.2) is 11.1 Å². The third kappa shape index (κ3) is 3.72. The van der Waals surface area contributed by atoms with Crippen LogP contribution in [0.4, 0.5) is 5.95 Å². The summed E-state index contributed by atoms with van der Waals surface area (Å²) in [6, 6.07) is 0. The van der Waals surface area contributed by atoms with Gasteiger partial charge in [0.05, 0.1) is 12.9 Å². The lowest BCUT2D eigenvalue weighted by Gasteiger charge is -2.16. The van der Waals surface area contributed by atoms with Crippen LogP contribution in [0, 0.1) is 0 Å². The number of imidazole rings is 1. The molecule has 1 aliphatic heterocycles. The Balaban J connectivity index is 1.79. The summed E-state index contributed by atoms with van der Waals surface area (Å²) in [4.78, 5) is 30.4. The molecule has 0 bridgehead atoms. The molecule has 2 unspecified atom stereocenters. The SMILES string of the molecule is Nc1nc2c(ncn2[C@@H]2O[C@H](CO[PH](=O)O[PH](=O)O)[C@@H](O)[C@H]2O)c(=O)[nH]1. The Morgan fingerprint density at radius 2 is 2.12 bits per heavy atom. The summed E-state index contributed by atoms with van der Waals surface area (Å²) in [5.41, 5.74) is 4.89. The molecule has 26 heavy (non-hydrogen) atoms. The molecule has 2 aromatic rings. The van der Waals surface area contributed by atoms with Crippen molar-refractivity contribution in [3.63, 3.8) is 0 Å². The highest BCUT2D eigenvalue weighted by Crippen LogP contribution is 2.38. The molecule has 2 aromatic heterocycles. The number of aliphatic hydroxyl groups excluding tert-OH is 2. The number of H-pyrrole nitrogens is 1. The van der Waals surface area contributed by atoms with Crippen LogP contribution in [0.3, 0.4) is 0 Å². The summed E-state index contributed by atoms with van der Waals surface area (Å²) in [5, 5.41) is 20.3. The minimum Gasteiger partial charge on any atom is -0.387 e. The molecule has 6 N–H and O–H groups in total. The van der Waals surface area contributed by atoms with E-state index in [0.717, 1.165) is 0 Å². The van der Waals surface area contributed by atoms with Crippen LogP contribution in [0.1, 0.15) is 6.23 Å². The molecular weight excluding hydrogens is 396 g/mol. The Kier molecular flexibility index (Phi) is 5.55. The Bertz CT molecular complexity index is 916. The number of aromatic amines is 1. The van der Waals surface area contributed by atoms with Gasteiger partial charge in [0.15, 0.2) is 17.4 Å². The highest BCUT2D eigenvalue weighted by molar-refractivity contribution is 7.47. The fourth-order valence-corrected chi connectivity index (χ4v) is 3.58. The van der Waals surface area contributed by atoms with Gasteiger partial charge < -0.3 is 30.1 Å². The maximum absolute atomic E-state index is 11.8. The van der Waals surface area contributed by atoms with Crippen molar-refractivity contribution in [1.29, 1.82) is 0 Å². The molecule has 0 radical (unpaired) electrons. The van der Waals surface area contributed by atoms with E-state index in [1.165, 1.54) is 10.9 Å². The van der Waals surface area contributed by atoms with Gasteiger partial charge in [-0.2, -0.15) is 4.98 Å². The number of aliphatic hydroxyl groups is 2. The fourth-order valence-electron chi connectivity index (χ4n) is 2.48. The summed E-state index contributed by atoms with van der Waals surface area (Å²) in [6.07, 6.45) is -4.04. The highest BCUT2D eigenvalue weighted by Gasteiger charge is 2.44. The molecule has 6 atom stereocenters. The zero-order valence-electron chi connectivity index (χ0n) is 12.8. The number of fused-ring (bicyclic) bond motifs is 1. The Hall–Kier alpha value is -1.63. The molecule has 0 aromatic carbocycles. The minimum atomic E-state index is -3.44. The van der Waals surface area contributed by atoms with Gasteiger partial charge in [-0.1, -0.05) is 0 Å². The summed E-state index contributed by atoms with van der Waals surface area (Å²) < 4.78 is 37.2. The van der Waals surface area contributed by atoms with E-state index in [0.29, 0.717) is 0 Å². The first-order chi connectivity index (χ1) is 12.3. The first kappa shape index (κ1) is 19.1. The Labute approximate surface area is 145 Å². The van der Waals surface area contributed by atoms with Gasteiger partial charge in [0.25, 0.3) is 5.56 Å². The first-order valence-electron chi connectivity index (χ1n) is 7.09. The molecule has 144 valence electrons. The molecule has 16 heteroatoms. The minimum absolute atomic E-state index is 0.0276. The zero-order chi connectivity index (χ0) is 19.0. The highest BCUT2D eigenvalue weighted by atomic mass is 31.2. The second-order valence-electron chi connectivity index (χ2n) is 5.25. The maximum atomic E-state index is 11.8. The van der Waals surface area contributed by atoms with E-state index < -0.39 is 53.2 Å². The second-order valence-corrected chi connectivity index (χ2v) is 7.39. The van der Waals surface area contributed by atoms with Crippen LogP contribution in [0.2, 0.25) is 0 Å². The van der Waals surface area contributed by atoms with Crippen molar-refractivity contribution >= 4 is 33.6 Å². The Morgan fingerprint density at radius 3 is 2.81 bits per heavy atom. The van der Waals surface area contributed by atoms with Crippen molar-refractivity contribution < 1.29 is 37.8 Å². The van der Waals surface area contributed by atoms with E-state index in [4.69, 9.17) is 19.9 Å². The predicted octanol–water partition coefficient (Wildman–Crippen LogP) is -1.87. The number of ether oxygens (including phenoxy) is 1. The van der Waals surface area contributed by atoms with Gasteiger partial charge in [-0.15, -0.1) is 0 Å². The van der Waals surface area contributed by atoms with Crippen molar-refractivity contribution in [1.82, 2.24) is 19.5 Å². The molecule has 1 saturated heterocycles. The predicted molar refractivity (Wildman–Crippen MR) is 85.7 cm³/mol. The smallest absolute Gasteiger partial charge is 0.326 e. The number of rotatable bonds is 6. The van der Waals surface area contributed by atoms with Gasteiger partial charge in [-0.3, -0.25) is 23.5 Å². The number of nitrogens with two attached hydrogens (primary N) is 1. The van der Waals surface area contributed by atoms with E-state index in [9.17, 15) is 24.1 Å². The van der Waals surface area contributed by atoms with E-state index in [1.54, 1.807) is 0 Å². The summed E-state index contributed by atoms with van der Waals surface area (Å²) in [7, 11) is -6.71. The van der Waals surface area contributed by atoms with E-state index in [1.807, 2.05) is 0 Å². The van der Waals surface area contributed by atoms with Crippen LogP contribution in [0.25, 0.3) is 11.2 Å². The second kappa shape index (κ2) is 7.55. The van der Waals surface area contributed by atoms with E-state index in [2.05, 4.69) is 19.3 Å². The van der Waals surface area contributed by atoms with Gasteiger partial charge in [-0.05, 0) is 0 Å². The molecule has 0 saturated carbocycles. The van der Waals surface area contributed by atoms with Gasteiger partial charge in [-0.25, -0.2) is 9.29 Å². The first-order valence-corrected chi connectivity index (χ1v) is 9.58. The van der Waals surface area contributed by atoms with Crippen molar-refractivity contribution in [3.05, 3.63) is 16.7 Å². The van der Waals surface area contributed by atoms with Crippen molar-refractivity contribution in [2.75, 3.05) is 12.3 Å².